The molecule has 1 N–H and O–H groups in total. The van der Waals surface area contributed by atoms with Crippen molar-refractivity contribution in [2.24, 2.45) is 0 Å². The van der Waals surface area contributed by atoms with Crippen molar-refractivity contribution in [2.75, 3.05) is 23.2 Å². The smallest absolute Gasteiger partial charge is 0.244 e. The lowest BCUT2D eigenvalue weighted by atomic mass is 10.2. The van der Waals surface area contributed by atoms with Gasteiger partial charge in [-0.3, -0.25) is 4.31 Å². The number of sulfonamides is 2. The van der Waals surface area contributed by atoms with Gasteiger partial charge in [-0.25, -0.2) is 25.9 Å². The maximum absolute atomic E-state index is 13.8. The van der Waals surface area contributed by atoms with Gasteiger partial charge < -0.3 is 4.74 Å². The van der Waals surface area contributed by atoms with Crippen LogP contribution >= 0.6 is 0 Å². The van der Waals surface area contributed by atoms with Gasteiger partial charge in [0.2, 0.25) is 20.0 Å². The van der Waals surface area contributed by atoms with E-state index < -0.39 is 25.9 Å². The fourth-order valence-corrected chi connectivity index (χ4v) is 5.91. The summed E-state index contributed by atoms with van der Waals surface area (Å²) in [6.07, 6.45) is 1.27. The van der Waals surface area contributed by atoms with Crippen LogP contribution in [0.1, 0.15) is 25.3 Å². The Balaban J connectivity index is 1.95. The van der Waals surface area contributed by atoms with Crippen molar-refractivity contribution in [3.8, 4) is 5.75 Å². The zero-order valence-electron chi connectivity index (χ0n) is 16.0. The third kappa shape index (κ3) is 4.88. The quantitative estimate of drug-likeness (QED) is 0.712. The van der Waals surface area contributed by atoms with Gasteiger partial charge in [0, 0.05) is 18.7 Å². The molecule has 158 valence electrons. The second kappa shape index (κ2) is 8.68. The Labute approximate surface area is 170 Å². The van der Waals surface area contributed by atoms with E-state index in [0.717, 1.165) is 0 Å². The van der Waals surface area contributed by atoms with E-state index in [2.05, 4.69) is 4.72 Å². The average Bonchev–Trinajstić information content (AvgIpc) is 2.68. The minimum Gasteiger partial charge on any atom is -0.492 e. The fourth-order valence-electron chi connectivity index (χ4n) is 3.11. The maximum atomic E-state index is 13.8. The second-order valence-electron chi connectivity index (χ2n) is 6.58. The van der Waals surface area contributed by atoms with Gasteiger partial charge in [0.1, 0.15) is 16.5 Å². The third-order valence-corrected chi connectivity index (χ3v) is 7.86. The van der Waals surface area contributed by atoms with Crippen molar-refractivity contribution in [1.29, 1.82) is 0 Å². The van der Waals surface area contributed by atoms with Crippen molar-refractivity contribution in [2.45, 2.75) is 31.2 Å². The fraction of sp³-hybridized carbons (Fsp3) is 0.368. The molecule has 7 nitrogen and oxygen atoms in total. The molecule has 0 bridgehead atoms. The van der Waals surface area contributed by atoms with Crippen LogP contribution < -0.4 is 13.8 Å². The van der Waals surface area contributed by atoms with Gasteiger partial charge in [0.25, 0.3) is 0 Å². The van der Waals surface area contributed by atoms with Crippen LogP contribution in [0.15, 0.2) is 47.4 Å². The summed E-state index contributed by atoms with van der Waals surface area (Å²) in [5.41, 5.74) is 0.461. The summed E-state index contributed by atoms with van der Waals surface area (Å²) < 4.78 is 73.5. The first-order valence-electron chi connectivity index (χ1n) is 9.25. The molecule has 0 atom stereocenters. The highest BCUT2D eigenvalue weighted by atomic mass is 32.2. The van der Waals surface area contributed by atoms with E-state index in [0.29, 0.717) is 19.4 Å². The number of benzene rings is 2. The topological polar surface area (TPSA) is 92.8 Å². The summed E-state index contributed by atoms with van der Waals surface area (Å²) in [6.45, 7) is 1.99. The summed E-state index contributed by atoms with van der Waals surface area (Å²) in [5, 5.41) is 0. The van der Waals surface area contributed by atoms with Gasteiger partial charge in [-0.1, -0.05) is 18.2 Å². The zero-order chi connectivity index (χ0) is 21.1. The number of hydrogen-bond donors (Lipinski definition) is 1. The first-order chi connectivity index (χ1) is 13.7. The van der Waals surface area contributed by atoms with Crippen LogP contribution in [0.2, 0.25) is 0 Å². The monoisotopic (exact) mass is 442 g/mol. The van der Waals surface area contributed by atoms with E-state index in [1.165, 1.54) is 40.7 Å². The van der Waals surface area contributed by atoms with E-state index in [1.54, 1.807) is 13.0 Å². The van der Waals surface area contributed by atoms with Gasteiger partial charge in [-0.05, 0) is 44.0 Å². The molecule has 0 saturated carbocycles. The highest BCUT2D eigenvalue weighted by Crippen LogP contribution is 2.32. The first-order valence-corrected chi connectivity index (χ1v) is 12.3. The molecule has 0 spiro atoms. The minimum atomic E-state index is -4.09. The number of nitrogens with zero attached hydrogens (tertiary/aromatic N) is 1. The van der Waals surface area contributed by atoms with Gasteiger partial charge in [-0.2, -0.15) is 0 Å². The van der Waals surface area contributed by atoms with Crippen molar-refractivity contribution in [3.63, 3.8) is 0 Å². The lowest BCUT2D eigenvalue weighted by Crippen LogP contribution is -2.38. The minimum absolute atomic E-state index is 0.0217. The molecule has 29 heavy (non-hydrogen) atoms. The van der Waals surface area contributed by atoms with Crippen LogP contribution in [0.3, 0.4) is 0 Å². The summed E-state index contributed by atoms with van der Waals surface area (Å²) in [6, 6.07) is 10.1. The van der Waals surface area contributed by atoms with E-state index in [1.807, 2.05) is 0 Å². The number of anilines is 1. The Hall–Kier alpha value is -2.17. The molecule has 1 aliphatic heterocycles. The van der Waals surface area contributed by atoms with E-state index in [-0.39, 0.29) is 40.8 Å². The maximum Gasteiger partial charge on any atom is 0.244 e. The molecule has 3 rings (SSSR count). The number of hydrogen-bond acceptors (Lipinski definition) is 5. The van der Waals surface area contributed by atoms with Crippen LogP contribution in [0.4, 0.5) is 10.1 Å². The predicted octanol–water partition coefficient (Wildman–Crippen LogP) is 2.63. The molecular weight excluding hydrogens is 419 g/mol. The molecule has 1 heterocycles. The van der Waals surface area contributed by atoms with E-state index in [9.17, 15) is 21.2 Å². The Morgan fingerprint density at radius 2 is 1.93 bits per heavy atom. The van der Waals surface area contributed by atoms with Crippen LogP contribution in [-0.4, -0.2) is 35.7 Å². The van der Waals surface area contributed by atoms with Crippen molar-refractivity contribution in [3.05, 3.63) is 53.8 Å². The SMILES string of the molecule is CCOc1ccc(N2CCCCS2(=O)=O)cc1S(=O)(=O)NCc1ccccc1F. The zero-order valence-corrected chi connectivity index (χ0v) is 17.6. The van der Waals surface area contributed by atoms with Crippen LogP contribution in [0.25, 0.3) is 0 Å². The first kappa shape index (κ1) is 21.5. The number of ether oxygens (including phenoxy) is 1. The molecule has 2 aromatic carbocycles. The molecule has 10 heteroatoms. The Kier molecular flexibility index (Phi) is 6.45. The molecule has 1 saturated heterocycles. The van der Waals surface area contributed by atoms with Gasteiger partial charge >= 0.3 is 0 Å². The highest BCUT2D eigenvalue weighted by Gasteiger charge is 2.28. The molecule has 0 aromatic heterocycles. The normalized spacial score (nSPS) is 16.6. The van der Waals surface area contributed by atoms with Gasteiger partial charge in [0.05, 0.1) is 18.0 Å². The molecule has 1 fully saturated rings. The van der Waals surface area contributed by atoms with Crippen LogP contribution in [0.5, 0.6) is 5.75 Å². The summed E-state index contributed by atoms with van der Waals surface area (Å²) >= 11 is 0. The van der Waals surface area contributed by atoms with Gasteiger partial charge in [0.15, 0.2) is 0 Å². The lowest BCUT2D eigenvalue weighted by Gasteiger charge is -2.28. The van der Waals surface area contributed by atoms with Crippen LogP contribution in [-0.2, 0) is 26.6 Å². The Morgan fingerprint density at radius 3 is 2.62 bits per heavy atom. The molecule has 2 aromatic rings. The number of rotatable bonds is 7. The standard InChI is InChI=1S/C19H23FN2O5S2/c1-2-27-18-10-9-16(22-11-5-6-12-28(22,23)24)13-19(18)29(25,26)21-14-15-7-3-4-8-17(15)20/h3-4,7-10,13,21H,2,5-6,11-12,14H2,1H3. The summed E-state index contributed by atoms with van der Waals surface area (Å²) in [5.74, 6) is -0.395. The van der Waals surface area contributed by atoms with E-state index in [4.69, 9.17) is 4.74 Å². The Bertz CT molecular complexity index is 1090. The molecule has 0 unspecified atom stereocenters. The summed E-state index contributed by atoms with van der Waals surface area (Å²) in [4.78, 5) is -0.186. The van der Waals surface area contributed by atoms with Gasteiger partial charge in [-0.15, -0.1) is 0 Å². The second-order valence-corrected chi connectivity index (χ2v) is 10.3. The Morgan fingerprint density at radius 1 is 1.17 bits per heavy atom. The van der Waals surface area contributed by atoms with Crippen molar-refractivity contribution < 1.29 is 26.0 Å². The van der Waals surface area contributed by atoms with Crippen molar-refractivity contribution >= 4 is 25.7 Å². The molecular formula is C19H23FN2O5S2. The van der Waals surface area contributed by atoms with Crippen molar-refractivity contribution in [1.82, 2.24) is 4.72 Å². The highest BCUT2D eigenvalue weighted by molar-refractivity contribution is 7.92. The molecule has 0 radical (unpaired) electrons. The number of halogens is 1. The molecule has 0 amide bonds. The summed E-state index contributed by atoms with van der Waals surface area (Å²) in [7, 11) is -7.59. The predicted molar refractivity (Wildman–Crippen MR) is 108 cm³/mol. The average molecular weight is 443 g/mol. The largest absolute Gasteiger partial charge is 0.492 e. The number of nitrogens with one attached hydrogen (secondary N) is 1. The third-order valence-electron chi connectivity index (χ3n) is 4.56. The van der Waals surface area contributed by atoms with E-state index >= 15 is 0 Å². The molecule has 0 aliphatic carbocycles. The lowest BCUT2D eigenvalue weighted by molar-refractivity contribution is 0.331. The van der Waals surface area contributed by atoms with Crippen LogP contribution in [0, 0.1) is 5.82 Å². The molecule has 1 aliphatic rings.